The second-order valence-electron chi connectivity index (χ2n) is 3.54. The summed E-state index contributed by atoms with van der Waals surface area (Å²) in [5.74, 6) is 0. The second-order valence-corrected chi connectivity index (χ2v) is 5.60. The smallest absolute Gasteiger partial charge is 0.292 e. The molecule has 18 heavy (non-hydrogen) atoms. The van der Waals surface area contributed by atoms with Gasteiger partial charge in [-0.05, 0) is 30.3 Å². The number of halogens is 1. The number of nitrogens with zero attached hydrogens (tertiary/aromatic N) is 1. The van der Waals surface area contributed by atoms with E-state index in [0.29, 0.717) is 0 Å². The monoisotopic (exact) mass is 324 g/mol. The number of benzene rings is 2. The van der Waals surface area contributed by atoms with Crippen LogP contribution in [0.25, 0.3) is 0 Å². The van der Waals surface area contributed by atoms with E-state index in [-0.39, 0.29) is 11.4 Å². The molecule has 6 heteroatoms. The topological polar surface area (TPSA) is 69.2 Å². The molecule has 0 bridgehead atoms. The second kappa shape index (κ2) is 5.41. The van der Waals surface area contributed by atoms with Gasteiger partial charge in [0.05, 0.1) is 4.92 Å². The van der Waals surface area contributed by atoms with Crippen LogP contribution in [0.4, 0.5) is 11.4 Å². The molecule has 0 amide bonds. The van der Waals surface area contributed by atoms with Crippen LogP contribution in [0.3, 0.4) is 0 Å². The number of nitro benzene ring substituents is 1. The van der Waals surface area contributed by atoms with Crippen LogP contribution in [-0.2, 0) is 0 Å². The molecule has 0 saturated heterocycles. The van der Waals surface area contributed by atoms with E-state index in [1.165, 1.54) is 17.8 Å². The van der Waals surface area contributed by atoms with Crippen molar-refractivity contribution in [2.75, 3.05) is 5.73 Å². The molecule has 2 rings (SSSR count). The summed E-state index contributed by atoms with van der Waals surface area (Å²) in [7, 11) is 0. The molecule has 0 atom stereocenters. The SMILES string of the molecule is Nc1cc(Sc2cccc(Br)c2)ccc1[N+](=O)[O-]. The minimum atomic E-state index is -0.483. The van der Waals surface area contributed by atoms with E-state index in [9.17, 15) is 10.1 Å². The fourth-order valence-electron chi connectivity index (χ4n) is 1.43. The molecule has 0 aromatic heterocycles. The van der Waals surface area contributed by atoms with Crippen LogP contribution in [0.1, 0.15) is 0 Å². The molecule has 2 aromatic rings. The first-order chi connectivity index (χ1) is 8.56. The van der Waals surface area contributed by atoms with Crippen molar-refractivity contribution in [1.82, 2.24) is 0 Å². The minimum Gasteiger partial charge on any atom is -0.393 e. The van der Waals surface area contributed by atoms with Crippen molar-refractivity contribution in [3.63, 3.8) is 0 Å². The number of anilines is 1. The third kappa shape index (κ3) is 3.02. The summed E-state index contributed by atoms with van der Waals surface area (Å²) >= 11 is 4.90. The highest BCUT2D eigenvalue weighted by Crippen LogP contribution is 2.33. The summed E-state index contributed by atoms with van der Waals surface area (Å²) in [5.41, 5.74) is 5.76. The van der Waals surface area contributed by atoms with Gasteiger partial charge in [0.25, 0.3) is 5.69 Å². The molecule has 0 fully saturated rings. The number of rotatable bonds is 3. The van der Waals surface area contributed by atoms with E-state index < -0.39 is 4.92 Å². The predicted octanol–water partition coefficient (Wildman–Crippen LogP) is 4.09. The van der Waals surface area contributed by atoms with E-state index in [1.54, 1.807) is 12.1 Å². The van der Waals surface area contributed by atoms with Gasteiger partial charge in [-0.3, -0.25) is 10.1 Å². The maximum atomic E-state index is 10.6. The van der Waals surface area contributed by atoms with Gasteiger partial charge in [0.1, 0.15) is 5.69 Å². The lowest BCUT2D eigenvalue weighted by Crippen LogP contribution is -1.95. The molecular formula is C12H9BrN2O2S. The highest BCUT2D eigenvalue weighted by atomic mass is 79.9. The number of nitro groups is 1. The Morgan fingerprint density at radius 1 is 1.17 bits per heavy atom. The Morgan fingerprint density at radius 3 is 2.50 bits per heavy atom. The lowest BCUT2D eigenvalue weighted by atomic mass is 10.3. The Kier molecular flexibility index (Phi) is 3.88. The maximum absolute atomic E-state index is 10.6. The first-order valence-corrected chi connectivity index (χ1v) is 6.64. The summed E-state index contributed by atoms with van der Waals surface area (Å²) in [5, 5.41) is 10.6. The predicted molar refractivity (Wildman–Crippen MR) is 75.8 cm³/mol. The minimum absolute atomic E-state index is 0.0615. The Balaban J connectivity index is 2.25. The lowest BCUT2D eigenvalue weighted by molar-refractivity contribution is -0.383. The number of hydrogen-bond acceptors (Lipinski definition) is 4. The Bertz CT molecular complexity index is 604. The standard InChI is InChI=1S/C12H9BrN2O2S/c13-8-2-1-3-9(6-8)18-10-4-5-12(15(16)17)11(14)7-10/h1-7H,14H2. The molecule has 4 nitrogen and oxygen atoms in total. The molecule has 0 radical (unpaired) electrons. The summed E-state index contributed by atoms with van der Waals surface area (Å²) in [6, 6.07) is 12.5. The molecular weight excluding hydrogens is 316 g/mol. The van der Waals surface area contributed by atoms with Gasteiger partial charge in [0.2, 0.25) is 0 Å². The molecule has 92 valence electrons. The highest BCUT2D eigenvalue weighted by molar-refractivity contribution is 9.10. The molecule has 0 aliphatic heterocycles. The zero-order valence-electron chi connectivity index (χ0n) is 9.17. The van der Waals surface area contributed by atoms with Crippen LogP contribution in [0.15, 0.2) is 56.7 Å². The van der Waals surface area contributed by atoms with Crippen LogP contribution < -0.4 is 5.73 Å². The molecule has 2 aromatic carbocycles. The van der Waals surface area contributed by atoms with Crippen molar-refractivity contribution >= 4 is 39.1 Å². The van der Waals surface area contributed by atoms with Crippen molar-refractivity contribution in [1.29, 1.82) is 0 Å². The Hall–Kier alpha value is -1.53. The molecule has 0 unspecified atom stereocenters. The fraction of sp³-hybridized carbons (Fsp3) is 0. The first-order valence-electron chi connectivity index (χ1n) is 5.03. The quantitative estimate of drug-likeness (QED) is 0.524. The van der Waals surface area contributed by atoms with Gasteiger partial charge in [-0.2, -0.15) is 0 Å². The zero-order valence-corrected chi connectivity index (χ0v) is 11.6. The van der Waals surface area contributed by atoms with Crippen molar-refractivity contribution in [2.45, 2.75) is 9.79 Å². The van der Waals surface area contributed by atoms with Gasteiger partial charge in [0, 0.05) is 20.3 Å². The molecule has 2 N–H and O–H groups in total. The molecule has 0 aliphatic rings. The summed E-state index contributed by atoms with van der Waals surface area (Å²) in [4.78, 5) is 12.1. The van der Waals surface area contributed by atoms with Gasteiger partial charge in [-0.1, -0.05) is 33.8 Å². The van der Waals surface area contributed by atoms with Gasteiger partial charge in [-0.25, -0.2) is 0 Å². The summed E-state index contributed by atoms with van der Waals surface area (Å²) in [6.07, 6.45) is 0. The van der Waals surface area contributed by atoms with E-state index in [1.807, 2.05) is 24.3 Å². The maximum Gasteiger partial charge on any atom is 0.292 e. The van der Waals surface area contributed by atoms with Crippen molar-refractivity contribution in [3.8, 4) is 0 Å². The van der Waals surface area contributed by atoms with E-state index >= 15 is 0 Å². The van der Waals surface area contributed by atoms with Gasteiger partial charge in [-0.15, -0.1) is 0 Å². The normalized spacial score (nSPS) is 10.3. The largest absolute Gasteiger partial charge is 0.393 e. The average Bonchev–Trinajstić information content (AvgIpc) is 2.28. The summed E-state index contributed by atoms with van der Waals surface area (Å²) in [6.45, 7) is 0. The third-order valence-electron chi connectivity index (χ3n) is 2.23. The van der Waals surface area contributed by atoms with E-state index in [2.05, 4.69) is 15.9 Å². The lowest BCUT2D eigenvalue weighted by Gasteiger charge is -2.03. The van der Waals surface area contributed by atoms with Gasteiger partial charge >= 0.3 is 0 Å². The van der Waals surface area contributed by atoms with Crippen molar-refractivity contribution in [3.05, 3.63) is 57.1 Å². The average molecular weight is 325 g/mol. The number of nitrogen functional groups attached to an aromatic ring is 1. The first kappa shape index (κ1) is 12.9. The number of hydrogen-bond donors (Lipinski definition) is 1. The van der Waals surface area contributed by atoms with Gasteiger partial charge in [0.15, 0.2) is 0 Å². The van der Waals surface area contributed by atoms with Crippen LogP contribution in [-0.4, -0.2) is 4.92 Å². The van der Waals surface area contributed by atoms with Crippen LogP contribution in [0.5, 0.6) is 0 Å². The zero-order chi connectivity index (χ0) is 13.1. The molecule has 0 spiro atoms. The summed E-state index contributed by atoms with van der Waals surface area (Å²) < 4.78 is 0.988. The van der Waals surface area contributed by atoms with E-state index in [0.717, 1.165) is 14.3 Å². The Labute approximate surface area is 116 Å². The van der Waals surface area contributed by atoms with E-state index in [4.69, 9.17) is 5.73 Å². The van der Waals surface area contributed by atoms with Crippen molar-refractivity contribution < 1.29 is 4.92 Å². The molecule has 0 saturated carbocycles. The van der Waals surface area contributed by atoms with Gasteiger partial charge < -0.3 is 5.73 Å². The fourth-order valence-corrected chi connectivity index (χ4v) is 2.91. The van der Waals surface area contributed by atoms with Crippen LogP contribution in [0.2, 0.25) is 0 Å². The van der Waals surface area contributed by atoms with Crippen LogP contribution in [0, 0.1) is 10.1 Å². The van der Waals surface area contributed by atoms with Crippen molar-refractivity contribution in [2.24, 2.45) is 0 Å². The molecule has 0 heterocycles. The van der Waals surface area contributed by atoms with Crippen LogP contribution >= 0.6 is 27.7 Å². The Morgan fingerprint density at radius 2 is 1.89 bits per heavy atom. The third-order valence-corrected chi connectivity index (χ3v) is 3.70. The molecule has 0 aliphatic carbocycles. The highest BCUT2D eigenvalue weighted by Gasteiger charge is 2.11. The number of nitrogens with two attached hydrogens (primary N) is 1.